The van der Waals surface area contributed by atoms with Crippen LogP contribution in [0.2, 0.25) is 5.02 Å². The Labute approximate surface area is 126 Å². The second-order valence-electron chi connectivity index (χ2n) is 6.00. The Hall–Kier alpha value is -0.640. The van der Waals surface area contributed by atoms with E-state index in [4.69, 9.17) is 11.6 Å². The molecule has 1 fully saturated rings. The van der Waals surface area contributed by atoms with Crippen molar-refractivity contribution in [1.29, 1.82) is 0 Å². The van der Waals surface area contributed by atoms with Gasteiger partial charge in [0.05, 0.1) is 0 Å². The predicted molar refractivity (Wildman–Crippen MR) is 82.6 cm³/mol. The van der Waals surface area contributed by atoms with Crippen LogP contribution >= 0.6 is 11.6 Å². The SMILES string of the molecule is CCC1CNC(C)(CC)CN1Cc1cc(F)ccc1Cl. The molecule has 0 aromatic heterocycles. The van der Waals surface area contributed by atoms with Gasteiger partial charge in [-0.2, -0.15) is 0 Å². The summed E-state index contributed by atoms with van der Waals surface area (Å²) in [7, 11) is 0. The highest BCUT2D eigenvalue weighted by Gasteiger charge is 2.33. The van der Waals surface area contributed by atoms with Crippen LogP contribution in [0.3, 0.4) is 0 Å². The Morgan fingerprint density at radius 1 is 1.45 bits per heavy atom. The highest BCUT2D eigenvalue weighted by Crippen LogP contribution is 2.25. The van der Waals surface area contributed by atoms with E-state index < -0.39 is 0 Å². The fraction of sp³-hybridized carbons (Fsp3) is 0.625. The number of hydrogen-bond acceptors (Lipinski definition) is 2. The number of rotatable bonds is 4. The van der Waals surface area contributed by atoms with Gasteiger partial charge in [0.1, 0.15) is 5.82 Å². The van der Waals surface area contributed by atoms with Crippen LogP contribution in [-0.4, -0.2) is 29.6 Å². The Balaban J connectivity index is 2.17. The van der Waals surface area contributed by atoms with Crippen LogP contribution in [0, 0.1) is 5.82 Å². The van der Waals surface area contributed by atoms with E-state index in [-0.39, 0.29) is 11.4 Å². The fourth-order valence-corrected chi connectivity index (χ4v) is 3.01. The molecule has 20 heavy (non-hydrogen) atoms. The van der Waals surface area contributed by atoms with E-state index in [0.717, 1.165) is 31.5 Å². The molecule has 4 heteroatoms. The molecule has 0 aliphatic carbocycles. The van der Waals surface area contributed by atoms with Crippen LogP contribution in [0.4, 0.5) is 4.39 Å². The van der Waals surface area contributed by atoms with E-state index in [1.807, 2.05) is 0 Å². The highest BCUT2D eigenvalue weighted by molar-refractivity contribution is 6.31. The van der Waals surface area contributed by atoms with Crippen molar-refractivity contribution in [2.45, 2.75) is 51.7 Å². The molecular weight excluding hydrogens is 275 g/mol. The molecule has 112 valence electrons. The zero-order chi connectivity index (χ0) is 14.8. The van der Waals surface area contributed by atoms with Crippen molar-refractivity contribution in [2.75, 3.05) is 13.1 Å². The van der Waals surface area contributed by atoms with Gasteiger partial charge >= 0.3 is 0 Å². The Bertz CT molecular complexity index is 466. The summed E-state index contributed by atoms with van der Waals surface area (Å²) in [6.45, 7) is 9.31. The molecule has 1 N–H and O–H groups in total. The number of nitrogens with zero attached hydrogens (tertiary/aromatic N) is 1. The minimum Gasteiger partial charge on any atom is -0.309 e. The molecule has 1 heterocycles. The molecule has 1 aliphatic heterocycles. The van der Waals surface area contributed by atoms with Crippen LogP contribution in [0.5, 0.6) is 0 Å². The summed E-state index contributed by atoms with van der Waals surface area (Å²) in [6.07, 6.45) is 2.16. The zero-order valence-corrected chi connectivity index (χ0v) is 13.3. The highest BCUT2D eigenvalue weighted by atomic mass is 35.5. The minimum absolute atomic E-state index is 0.130. The van der Waals surface area contributed by atoms with Gasteiger partial charge in [-0.3, -0.25) is 4.90 Å². The van der Waals surface area contributed by atoms with Gasteiger partial charge < -0.3 is 5.32 Å². The van der Waals surface area contributed by atoms with E-state index in [2.05, 4.69) is 31.0 Å². The monoisotopic (exact) mass is 298 g/mol. The normalized spacial score (nSPS) is 27.8. The Morgan fingerprint density at radius 2 is 2.20 bits per heavy atom. The van der Waals surface area contributed by atoms with Crippen molar-refractivity contribution >= 4 is 11.6 Å². The van der Waals surface area contributed by atoms with E-state index in [1.165, 1.54) is 6.07 Å². The third kappa shape index (κ3) is 3.51. The van der Waals surface area contributed by atoms with E-state index in [9.17, 15) is 4.39 Å². The van der Waals surface area contributed by atoms with Crippen LogP contribution in [0.1, 0.15) is 39.2 Å². The second-order valence-corrected chi connectivity index (χ2v) is 6.41. The summed E-state index contributed by atoms with van der Waals surface area (Å²) in [5.41, 5.74) is 1.01. The van der Waals surface area contributed by atoms with Crippen molar-refractivity contribution in [2.24, 2.45) is 0 Å². The fourth-order valence-electron chi connectivity index (χ4n) is 2.83. The van der Waals surface area contributed by atoms with Crippen molar-refractivity contribution in [3.8, 4) is 0 Å². The van der Waals surface area contributed by atoms with Crippen LogP contribution in [0.15, 0.2) is 18.2 Å². The number of hydrogen-bond donors (Lipinski definition) is 1. The molecule has 1 aliphatic rings. The smallest absolute Gasteiger partial charge is 0.123 e. The maximum atomic E-state index is 13.4. The van der Waals surface area contributed by atoms with Gasteiger partial charge in [-0.15, -0.1) is 0 Å². The van der Waals surface area contributed by atoms with Gasteiger partial charge in [0.15, 0.2) is 0 Å². The first-order chi connectivity index (χ1) is 9.47. The molecule has 2 rings (SSSR count). The molecular formula is C16H24ClFN2. The standard InChI is InChI=1S/C16H24ClFN2/c1-4-14-9-19-16(3,5-2)11-20(14)10-12-8-13(18)6-7-15(12)17/h6-8,14,19H,4-5,9-11H2,1-3H3. The van der Waals surface area contributed by atoms with Gasteiger partial charge in [0, 0.05) is 36.2 Å². The lowest BCUT2D eigenvalue weighted by Crippen LogP contribution is -2.62. The molecule has 2 nitrogen and oxygen atoms in total. The third-order valence-electron chi connectivity index (χ3n) is 4.47. The van der Waals surface area contributed by atoms with Crippen molar-refractivity contribution in [3.63, 3.8) is 0 Å². The quantitative estimate of drug-likeness (QED) is 0.909. The van der Waals surface area contributed by atoms with Crippen molar-refractivity contribution in [3.05, 3.63) is 34.6 Å². The predicted octanol–water partition coefficient (Wildman–Crippen LogP) is 3.83. The van der Waals surface area contributed by atoms with E-state index in [0.29, 0.717) is 17.6 Å². The van der Waals surface area contributed by atoms with Gasteiger partial charge in [-0.05, 0) is 43.5 Å². The molecule has 1 aromatic rings. The van der Waals surface area contributed by atoms with Crippen LogP contribution < -0.4 is 5.32 Å². The second kappa shape index (κ2) is 6.42. The first kappa shape index (κ1) is 15.7. The topological polar surface area (TPSA) is 15.3 Å². The molecule has 1 saturated heterocycles. The number of halogens is 2. The van der Waals surface area contributed by atoms with E-state index in [1.54, 1.807) is 12.1 Å². The Morgan fingerprint density at radius 3 is 2.85 bits per heavy atom. The average Bonchev–Trinajstić information content (AvgIpc) is 2.43. The van der Waals surface area contributed by atoms with Gasteiger partial charge in [0.2, 0.25) is 0 Å². The molecule has 0 radical (unpaired) electrons. The van der Waals surface area contributed by atoms with Crippen molar-refractivity contribution < 1.29 is 4.39 Å². The lowest BCUT2D eigenvalue weighted by Gasteiger charge is -2.46. The van der Waals surface area contributed by atoms with Crippen LogP contribution in [-0.2, 0) is 6.54 Å². The molecule has 2 atom stereocenters. The average molecular weight is 299 g/mol. The zero-order valence-electron chi connectivity index (χ0n) is 12.5. The molecule has 0 spiro atoms. The summed E-state index contributed by atoms with van der Waals surface area (Å²) in [5.74, 6) is -0.217. The van der Waals surface area contributed by atoms with Crippen molar-refractivity contribution in [1.82, 2.24) is 10.2 Å². The largest absolute Gasteiger partial charge is 0.309 e. The lowest BCUT2D eigenvalue weighted by molar-refractivity contribution is 0.0754. The third-order valence-corrected chi connectivity index (χ3v) is 4.83. The Kier molecular flexibility index (Phi) is 5.05. The summed E-state index contributed by atoms with van der Waals surface area (Å²) in [4.78, 5) is 2.43. The lowest BCUT2D eigenvalue weighted by atomic mass is 9.92. The summed E-state index contributed by atoms with van der Waals surface area (Å²) in [6, 6.07) is 5.10. The first-order valence-corrected chi connectivity index (χ1v) is 7.78. The number of benzene rings is 1. The van der Waals surface area contributed by atoms with E-state index >= 15 is 0 Å². The molecule has 0 saturated carbocycles. The molecule has 0 amide bonds. The minimum atomic E-state index is -0.217. The van der Waals surface area contributed by atoms with Crippen LogP contribution in [0.25, 0.3) is 0 Å². The first-order valence-electron chi connectivity index (χ1n) is 7.40. The van der Waals surface area contributed by atoms with Gasteiger partial charge in [-0.25, -0.2) is 4.39 Å². The number of piperazine rings is 1. The molecule has 0 bridgehead atoms. The summed E-state index contributed by atoms with van der Waals surface area (Å²) >= 11 is 6.20. The molecule has 2 unspecified atom stereocenters. The van der Waals surface area contributed by atoms with Gasteiger partial charge in [-0.1, -0.05) is 25.4 Å². The molecule has 1 aromatic carbocycles. The maximum absolute atomic E-state index is 13.4. The number of nitrogens with one attached hydrogen (secondary N) is 1. The summed E-state index contributed by atoms with van der Waals surface area (Å²) in [5, 5.41) is 4.29. The van der Waals surface area contributed by atoms with Gasteiger partial charge in [0.25, 0.3) is 0 Å². The maximum Gasteiger partial charge on any atom is 0.123 e. The summed E-state index contributed by atoms with van der Waals surface area (Å²) < 4.78 is 13.4.